The number of hydrogen-bond acceptors (Lipinski definition) is 5. The van der Waals surface area contributed by atoms with Crippen LogP contribution in [0.4, 0.5) is 5.69 Å². The molecular weight excluding hydrogens is 458 g/mol. The van der Waals surface area contributed by atoms with Gasteiger partial charge in [0.05, 0.1) is 5.52 Å². The second kappa shape index (κ2) is 6.83. The lowest BCUT2D eigenvalue weighted by Crippen LogP contribution is -2.44. The molecule has 0 N–H and O–H groups in total. The van der Waals surface area contributed by atoms with Gasteiger partial charge in [0.2, 0.25) is 0 Å². The van der Waals surface area contributed by atoms with Gasteiger partial charge in [-0.1, -0.05) is 17.7 Å². The van der Waals surface area contributed by atoms with E-state index < -0.39 is 10.0 Å². The number of piperazine rings is 1. The highest BCUT2D eigenvalue weighted by atomic mass is 79.9. The standard InChI is InChI=1S/C17H17BrClN3O2S2/c1-20-7-9-21(10-8-20)14-3-2-4-15-12(14)5-6-22(15)26(23,24)16-11-13(18)17(19)25-16/h2-6,11H,7-10H2,1H3. The molecule has 0 aliphatic carbocycles. The molecule has 1 fully saturated rings. The van der Waals surface area contributed by atoms with Gasteiger partial charge in [0.25, 0.3) is 10.0 Å². The number of aromatic nitrogens is 1. The first kappa shape index (κ1) is 18.3. The van der Waals surface area contributed by atoms with E-state index in [4.69, 9.17) is 11.6 Å². The van der Waals surface area contributed by atoms with Gasteiger partial charge >= 0.3 is 0 Å². The van der Waals surface area contributed by atoms with Crippen molar-refractivity contribution >= 4 is 65.5 Å². The summed E-state index contributed by atoms with van der Waals surface area (Å²) in [7, 11) is -1.57. The molecule has 5 nitrogen and oxygen atoms in total. The Kier molecular flexibility index (Phi) is 4.81. The summed E-state index contributed by atoms with van der Waals surface area (Å²) in [5.41, 5.74) is 1.76. The Hall–Kier alpha value is -1.06. The van der Waals surface area contributed by atoms with Gasteiger partial charge in [-0.25, -0.2) is 3.97 Å². The lowest BCUT2D eigenvalue weighted by atomic mass is 10.2. The average Bonchev–Trinajstić information content (AvgIpc) is 3.20. The van der Waals surface area contributed by atoms with Gasteiger partial charge in [-0.05, 0) is 47.2 Å². The van der Waals surface area contributed by atoms with Crippen LogP contribution in [0.5, 0.6) is 0 Å². The highest BCUT2D eigenvalue weighted by Crippen LogP contribution is 2.37. The smallest absolute Gasteiger partial charge is 0.277 e. The molecule has 138 valence electrons. The van der Waals surface area contributed by atoms with E-state index in [9.17, 15) is 8.42 Å². The normalized spacial score (nSPS) is 16.5. The average molecular weight is 475 g/mol. The first-order chi connectivity index (χ1) is 12.4. The molecule has 0 amide bonds. The molecule has 0 saturated carbocycles. The van der Waals surface area contributed by atoms with Gasteiger partial charge in [-0.15, -0.1) is 11.3 Å². The van der Waals surface area contributed by atoms with Crippen LogP contribution in [0.25, 0.3) is 10.9 Å². The van der Waals surface area contributed by atoms with E-state index in [1.54, 1.807) is 12.3 Å². The molecule has 0 radical (unpaired) electrons. The molecule has 3 aromatic rings. The second-order valence-electron chi connectivity index (χ2n) is 6.30. The predicted octanol–water partition coefficient (Wildman–Crippen LogP) is 4.11. The van der Waals surface area contributed by atoms with E-state index in [1.807, 2.05) is 18.2 Å². The number of benzene rings is 1. The highest BCUT2D eigenvalue weighted by molar-refractivity contribution is 9.10. The van der Waals surface area contributed by atoms with Crippen LogP contribution in [-0.4, -0.2) is 50.5 Å². The van der Waals surface area contributed by atoms with Crippen molar-refractivity contribution in [2.75, 3.05) is 38.1 Å². The van der Waals surface area contributed by atoms with Gasteiger partial charge in [-0.3, -0.25) is 0 Å². The maximum absolute atomic E-state index is 13.1. The summed E-state index contributed by atoms with van der Waals surface area (Å²) in [6, 6.07) is 9.25. The number of fused-ring (bicyclic) bond motifs is 1. The summed E-state index contributed by atoms with van der Waals surface area (Å²) < 4.78 is 28.7. The van der Waals surface area contributed by atoms with E-state index in [-0.39, 0.29) is 4.21 Å². The minimum absolute atomic E-state index is 0.219. The monoisotopic (exact) mass is 473 g/mol. The molecule has 1 saturated heterocycles. The lowest BCUT2D eigenvalue weighted by molar-refractivity contribution is 0.313. The quantitative estimate of drug-likeness (QED) is 0.573. The predicted molar refractivity (Wildman–Crippen MR) is 111 cm³/mol. The van der Waals surface area contributed by atoms with Crippen LogP contribution in [0.2, 0.25) is 4.34 Å². The number of thiophene rings is 1. The Bertz CT molecular complexity index is 1050. The fourth-order valence-electron chi connectivity index (χ4n) is 3.21. The van der Waals surface area contributed by atoms with Crippen molar-refractivity contribution in [2.45, 2.75) is 4.21 Å². The lowest BCUT2D eigenvalue weighted by Gasteiger charge is -2.34. The van der Waals surface area contributed by atoms with Crippen LogP contribution in [0.15, 0.2) is 45.2 Å². The summed E-state index contributed by atoms with van der Waals surface area (Å²) >= 11 is 10.4. The number of hydrogen-bond donors (Lipinski definition) is 0. The van der Waals surface area contributed by atoms with Gasteiger partial charge in [-0.2, -0.15) is 8.42 Å². The molecule has 9 heteroatoms. The van der Waals surface area contributed by atoms with Crippen LogP contribution in [0.3, 0.4) is 0 Å². The van der Waals surface area contributed by atoms with Gasteiger partial charge in [0, 0.05) is 47.9 Å². The summed E-state index contributed by atoms with van der Waals surface area (Å²) in [6.07, 6.45) is 1.63. The van der Waals surface area contributed by atoms with Crippen molar-refractivity contribution in [3.63, 3.8) is 0 Å². The largest absolute Gasteiger partial charge is 0.368 e. The summed E-state index contributed by atoms with van der Waals surface area (Å²) in [4.78, 5) is 4.61. The maximum Gasteiger partial charge on any atom is 0.277 e. The molecule has 1 aliphatic heterocycles. The van der Waals surface area contributed by atoms with E-state index in [0.717, 1.165) is 48.6 Å². The number of halogens is 2. The zero-order chi connectivity index (χ0) is 18.5. The minimum atomic E-state index is -3.69. The molecule has 2 aromatic heterocycles. The molecule has 26 heavy (non-hydrogen) atoms. The Morgan fingerprint density at radius 3 is 2.54 bits per heavy atom. The topological polar surface area (TPSA) is 45.5 Å². The van der Waals surface area contributed by atoms with Crippen LogP contribution >= 0.6 is 38.9 Å². The molecule has 1 aromatic carbocycles. The summed E-state index contributed by atoms with van der Waals surface area (Å²) in [5.74, 6) is 0. The van der Waals surface area contributed by atoms with E-state index in [2.05, 4.69) is 38.8 Å². The third-order valence-electron chi connectivity index (χ3n) is 4.65. The molecule has 0 spiro atoms. The molecule has 1 aliphatic rings. The number of rotatable bonds is 3. The van der Waals surface area contributed by atoms with Crippen LogP contribution in [0.1, 0.15) is 0 Å². The Labute approximate surface area is 169 Å². The van der Waals surface area contributed by atoms with Crippen molar-refractivity contribution < 1.29 is 8.42 Å². The van der Waals surface area contributed by atoms with Crippen LogP contribution < -0.4 is 4.90 Å². The Morgan fingerprint density at radius 1 is 1.15 bits per heavy atom. The van der Waals surface area contributed by atoms with Gasteiger partial charge in [0.15, 0.2) is 0 Å². The fraction of sp³-hybridized carbons (Fsp3) is 0.294. The zero-order valence-electron chi connectivity index (χ0n) is 14.0. The van der Waals surface area contributed by atoms with Crippen LogP contribution in [0, 0.1) is 0 Å². The number of likely N-dealkylation sites (N-methyl/N-ethyl adjacent to an activating group) is 1. The van der Waals surface area contributed by atoms with Crippen molar-refractivity contribution in [2.24, 2.45) is 0 Å². The molecule has 0 bridgehead atoms. The summed E-state index contributed by atoms with van der Waals surface area (Å²) in [5, 5.41) is 0.947. The van der Waals surface area contributed by atoms with E-state index in [1.165, 1.54) is 3.97 Å². The number of anilines is 1. The first-order valence-corrected chi connectivity index (χ1v) is 11.5. The molecule has 0 atom stereocenters. The van der Waals surface area contributed by atoms with Gasteiger partial charge in [0.1, 0.15) is 8.55 Å². The number of nitrogens with zero attached hydrogens (tertiary/aromatic N) is 3. The molecule has 0 unspecified atom stereocenters. The molecule has 3 heterocycles. The minimum Gasteiger partial charge on any atom is -0.368 e. The Balaban J connectivity index is 1.79. The summed E-state index contributed by atoms with van der Waals surface area (Å²) in [6.45, 7) is 3.86. The van der Waals surface area contributed by atoms with Crippen molar-refractivity contribution in [3.8, 4) is 0 Å². The third kappa shape index (κ3) is 3.07. The fourth-order valence-corrected chi connectivity index (χ4v) is 6.95. The SMILES string of the molecule is CN1CCN(c2cccc3c2ccn3S(=O)(=O)c2cc(Br)c(Cl)s2)CC1. The zero-order valence-corrected chi connectivity index (χ0v) is 18.0. The second-order valence-corrected chi connectivity index (χ2v) is 10.9. The van der Waals surface area contributed by atoms with Crippen molar-refractivity contribution in [1.29, 1.82) is 0 Å². The third-order valence-corrected chi connectivity index (χ3v) is 9.27. The molecular formula is C17H17BrClN3O2S2. The van der Waals surface area contributed by atoms with Crippen LogP contribution in [-0.2, 0) is 10.0 Å². The highest BCUT2D eigenvalue weighted by Gasteiger charge is 2.24. The van der Waals surface area contributed by atoms with Gasteiger partial charge < -0.3 is 9.80 Å². The first-order valence-electron chi connectivity index (χ1n) is 8.12. The van der Waals surface area contributed by atoms with E-state index >= 15 is 0 Å². The van der Waals surface area contributed by atoms with Crippen molar-refractivity contribution in [1.82, 2.24) is 8.87 Å². The molecule has 4 rings (SSSR count). The Morgan fingerprint density at radius 2 is 1.88 bits per heavy atom. The van der Waals surface area contributed by atoms with Crippen molar-refractivity contribution in [3.05, 3.63) is 45.3 Å². The van der Waals surface area contributed by atoms with E-state index in [0.29, 0.717) is 14.3 Å². The maximum atomic E-state index is 13.1.